The number of ketones is 1. The van der Waals surface area contributed by atoms with E-state index >= 15 is 0 Å². The van der Waals surface area contributed by atoms with Crippen molar-refractivity contribution in [2.45, 2.75) is 44.4 Å². The minimum absolute atomic E-state index is 0.0520. The van der Waals surface area contributed by atoms with Gasteiger partial charge in [-0.1, -0.05) is 66.4 Å². The molecule has 1 aliphatic heterocycles. The van der Waals surface area contributed by atoms with E-state index in [2.05, 4.69) is 10.1 Å². The maximum Gasteiger partial charge on any atom is 0.265 e. The van der Waals surface area contributed by atoms with Gasteiger partial charge in [-0.15, -0.1) is 0 Å². The SMILES string of the molecule is O=C(c1ccccc1)C1ON=C(c2ccc(Cl)cc2)N1C1CCCCC1. The van der Waals surface area contributed by atoms with Gasteiger partial charge in [0.1, 0.15) is 0 Å². The minimum atomic E-state index is -0.703. The van der Waals surface area contributed by atoms with Gasteiger partial charge in [0, 0.05) is 22.2 Å². The topological polar surface area (TPSA) is 41.9 Å². The summed E-state index contributed by atoms with van der Waals surface area (Å²) in [6.45, 7) is 0. The Hall–Kier alpha value is -2.33. The van der Waals surface area contributed by atoms with Crippen LogP contribution in [0.1, 0.15) is 48.0 Å². The van der Waals surface area contributed by atoms with Gasteiger partial charge in [-0.2, -0.15) is 0 Å². The predicted octanol–water partition coefficient (Wildman–Crippen LogP) is 4.88. The largest absolute Gasteiger partial charge is 0.360 e. The van der Waals surface area contributed by atoms with Gasteiger partial charge in [0.15, 0.2) is 5.84 Å². The van der Waals surface area contributed by atoms with Gasteiger partial charge in [0.05, 0.1) is 0 Å². The molecule has 2 aromatic carbocycles. The molecule has 0 saturated heterocycles. The Morgan fingerprint density at radius 1 is 1.00 bits per heavy atom. The molecule has 1 fully saturated rings. The molecule has 4 rings (SSSR count). The standard InChI is InChI=1S/C21H21ClN2O2/c22-17-13-11-16(12-14-17)20-23-26-21(19(25)15-7-3-1-4-8-15)24(20)18-9-5-2-6-10-18/h1,3-4,7-8,11-14,18,21H,2,5-6,9-10H2. The molecule has 4 nitrogen and oxygen atoms in total. The molecule has 1 aliphatic carbocycles. The molecule has 0 radical (unpaired) electrons. The minimum Gasteiger partial charge on any atom is -0.360 e. The quantitative estimate of drug-likeness (QED) is 0.722. The molecule has 5 heteroatoms. The first kappa shape index (κ1) is 17.1. The zero-order chi connectivity index (χ0) is 17.9. The third-order valence-electron chi connectivity index (χ3n) is 5.09. The molecule has 26 heavy (non-hydrogen) atoms. The maximum absolute atomic E-state index is 13.1. The van der Waals surface area contributed by atoms with E-state index in [1.54, 1.807) is 0 Å². The normalized spacial score (nSPS) is 20.6. The van der Waals surface area contributed by atoms with Crippen molar-refractivity contribution in [1.82, 2.24) is 4.90 Å². The van der Waals surface area contributed by atoms with Crippen molar-refractivity contribution in [3.05, 3.63) is 70.7 Å². The number of rotatable bonds is 4. The fraction of sp³-hybridized carbons (Fsp3) is 0.333. The second kappa shape index (κ2) is 7.50. The first-order valence-corrected chi connectivity index (χ1v) is 9.49. The molecule has 1 saturated carbocycles. The Kier molecular flexibility index (Phi) is 4.93. The zero-order valence-electron chi connectivity index (χ0n) is 14.5. The summed E-state index contributed by atoms with van der Waals surface area (Å²) in [5.41, 5.74) is 1.56. The van der Waals surface area contributed by atoms with Crippen molar-refractivity contribution in [2.75, 3.05) is 0 Å². The fourth-order valence-electron chi connectivity index (χ4n) is 3.75. The molecule has 1 atom stereocenters. The average Bonchev–Trinajstić information content (AvgIpc) is 3.14. The number of hydrogen-bond donors (Lipinski definition) is 0. The molecule has 0 aromatic heterocycles. The van der Waals surface area contributed by atoms with E-state index in [9.17, 15) is 4.79 Å². The van der Waals surface area contributed by atoms with Crippen LogP contribution in [0.25, 0.3) is 0 Å². The van der Waals surface area contributed by atoms with Gasteiger partial charge in [0.25, 0.3) is 6.23 Å². The Morgan fingerprint density at radius 2 is 1.69 bits per heavy atom. The molecular weight excluding hydrogens is 348 g/mol. The van der Waals surface area contributed by atoms with Gasteiger partial charge >= 0.3 is 0 Å². The van der Waals surface area contributed by atoms with E-state index in [1.807, 2.05) is 54.6 Å². The van der Waals surface area contributed by atoms with Gasteiger partial charge in [-0.3, -0.25) is 4.79 Å². The molecule has 134 valence electrons. The number of carbonyl (C=O) groups is 1. The summed E-state index contributed by atoms with van der Waals surface area (Å²) in [7, 11) is 0. The highest BCUT2D eigenvalue weighted by atomic mass is 35.5. The van der Waals surface area contributed by atoms with Crippen molar-refractivity contribution in [1.29, 1.82) is 0 Å². The second-order valence-corrected chi connectivity index (χ2v) is 7.25. The van der Waals surface area contributed by atoms with Gasteiger partial charge in [0.2, 0.25) is 5.78 Å². The molecule has 0 amide bonds. The van der Waals surface area contributed by atoms with E-state index < -0.39 is 6.23 Å². The number of halogens is 1. The fourth-order valence-corrected chi connectivity index (χ4v) is 3.88. The van der Waals surface area contributed by atoms with E-state index in [4.69, 9.17) is 16.4 Å². The third kappa shape index (κ3) is 3.34. The molecule has 2 aromatic rings. The van der Waals surface area contributed by atoms with Gasteiger partial charge in [-0.25, -0.2) is 0 Å². The summed E-state index contributed by atoms with van der Waals surface area (Å²) in [5.74, 6) is 0.673. The number of amidine groups is 1. The molecule has 2 aliphatic rings. The lowest BCUT2D eigenvalue weighted by molar-refractivity contribution is -0.000613. The summed E-state index contributed by atoms with van der Waals surface area (Å²) in [4.78, 5) is 20.8. The lowest BCUT2D eigenvalue weighted by atomic mass is 9.92. The highest BCUT2D eigenvalue weighted by molar-refractivity contribution is 6.30. The summed E-state index contributed by atoms with van der Waals surface area (Å²) in [6.07, 6.45) is 4.98. The number of Topliss-reactive ketones (excluding diaryl/α,β-unsaturated/α-hetero) is 1. The first-order valence-electron chi connectivity index (χ1n) is 9.11. The Labute approximate surface area is 158 Å². The molecule has 0 N–H and O–H groups in total. The van der Waals surface area contributed by atoms with Crippen LogP contribution in [0, 0.1) is 0 Å². The second-order valence-electron chi connectivity index (χ2n) is 6.81. The number of carbonyl (C=O) groups excluding carboxylic acids is 1. The smallest absolute Gasteiger partial charge is 0.265 e. The van der Waals surface area contributed by atoms with Crippen molar-refractivity contribution < 1.29 is 9.63 Å². The molecule has 0 bridgehead atoms. The summed E-state index contributed by atoms with van der Waals surface area (Å²) in [5, 5.41) is 4.97. The van der Waals surface area contributed by atoms with E-state index in [-0.39, 0.29) is 11.8 Å². The van der Waals surface area contributed by atoms with Crippen LogP contribution in [0.4, 0.5) is 0 Å². The lowest BCUT2D eigenvalue weighted by Gasteiger charge is -2.35. The van der Waals surface area contributed by atoms with Crippen LogP contribution in [-0.4, -0.2) is 28.8 Å². The predicted molar refractivity (Wildman–Crippen MR) is 102 cm³/mol. The summed E-state index contributed by atoms with van der Waals surface area (Å²) >= 11 is 6.02. The Bertz CT molecular complexity index is 799. The average molecular weight is 369 g/mol. The Balaban J connectivity index is 1.66. The number of nitrogens with zero attached hydrogens (tertiary/aromatic N) is 2. The summed E-state index contributed by atoms with van der Waals surface area (Å²) in [6, 6.07) is 17.1. The van der Waals surface area contributed by atoms with E-state index in [0.717, 1.165) is 24.2 Å². The van der Waals surface area contributed by atoms with Crippen LogP contribution in [-0.2, 0) is 4.84 Å². The third-order valence-corrected chi connectivity index (χ3v) is 5.34. The number of benzene rings is 2. The summed E-state index contributed by atoms with van der Waals surface area (Å²) < 4.78 is 0. The van der Waals surface area contributed by atoms with Crippen LogP contribution < -0.4 is 0 Å². The number of oxime groups is 1. The van der Waals surface area contributed by atoms with Gasteiger partial charge in [-0.05, 0) is 37.1 Å². The molecular formula is C21H21ClN2O2. The van der Waals surface area contributed by atoms with Crippen molar-refractivity contribution >= 4 is 23.2 Å². The monoisotopic (exact) mass is 368 g/mol. The molecule has 0 spiro atoms. The van der Waals surface area contributed by atoms with Crippen molar-refractivity contribution in [3.8, 4) is 0 Å². The van der Waals surface area contributed by atoms with Crippen LogP contribution in [0.15, 0.2) is 59.8 Å². The van der Waals surface area contributed by atoms with Crippen LogP contribution in [0.5, 0.6) is 0 Å². The zero-order valence-corrected chi connectivity index (χ0v) is 15.2. The van der Waals surface area contributed by atoms with E-state index in [1.165, 1.54) is 19.3 Å². The van der Waals surface area contributed by atoms with Crippen LogP contribution in [0.3, 0.4) is 0 Å². The molecule has 1 heterocycles. The van der Waals surface area contributed by atoms with Crippen LogP contribution in [0.2, 0.25) is 5.02 Å². The lowest BCUT2D eigenvalue weighted by Crippen LogP contribution is -2.48. The highest BCUT2D eigenvalue weighted by Crippen LogP contribution is 2.31. The van der Waals surface area contributed by atoms with E-state index in [0.29, 0.717) is 10.6 Å². The van der Waals surface area contributed by atoms with Gasteiger partial charge < -0.3 is 9.74 Å². The molecule has 1 unspecified atom stereocenters. The maximum atomic E-state index is 13.1. The van der Waals surface area contributed by atoms with Crippen molar-refractivity contribution in [3.63, 3.8) is 0 Å². The Morgan fingerprint density at radius 3 is 2.38 bits per heavy atom. The highest BCUT2D eigenvalue weighted by Gasteiger charge is 2.41. The first-order chi connectivity index (χ1) is 12.7. The van der Waals surface area contributed by atoms with Crippen molar-refractivity contribution in [2.24, 2.45) is 5.16 Å². The van der Waals surface area contributed by atoms with Crippen LogP contribution >= 0.6 is 11.6 Å². The number of hydrogen-bond acceptors (Lipinski definition) is 4.